The monoisotopic (exact) mass is 363 g/mol. The first-order chi connectivity index (χ1) is 12.0. The summed E-state index contributed by atoms with van der Waals surface area (Å²) in [5, 5.41) is 10.7. The molecule has 7 nitrogen and oxygen atoms in total. The maximum Gasteiger partial charge on any atom is 0.221 e. The Bertz CT molecular complexity index is 629. The summed E-state index contributed by atoms with van der Waals surface area (Å²) in [6, 6.07) is 7.51. The Hall–Kier alpha value is -2.03. The topological polar surface area (TPSA) is 78.0 Å². The van der Waals surface area contributed by atoms with Gasteiger partial charge in [-0.1, -0.05) is 12.1 Å². The van der Waals surface area contributed by atoms with Gasteiger partial charge in [-0.25, -0.2) is 0 Å². The second-order valence-corrected chi connectivity index (χ2v) is 6.19. The molecule has 0 aromatic heterocycles. The molecule has 25 heavy (non-hydrogen) atoms. The number of morpholine rings is 1. The first kappa shape index (κ1) is 19.3. The van der Waals surface area contributed by atoms with E-state index in [1.165, 1.54) is 6.92 Å². The number of carbonyl (C=O) groups excluding carboxylic acids is 1. The first-order valence-corrected chi connectivity index (χ1v) is 8.71. The summed E-state index contributed by atoms with van der Waals surface area (Å²) in [5.41, 5.74) is 5.29. The van der Waals surface area contributed by atoms with Gasteiger partial charge in [0.1, 0.15) is 0 Å². The maximum atomic E-state index is 11.1. The van der Waals surface area contributed by atoms with Crippen LogP contribution in [0, 0.1) is 0 Å². The second kappa shape index (κ2) is 10.1. The molecule has 3 N–H and O–H groups in total. The van der Waals surface area contributed by atoms with Gasteiger partial charge in [0.15, 0.2) is 5.11 Å². The number of nitrogens with one attached hydrogen (secondary N) is 3. The highest BCUT2D eigenvalue weighted by atomic mass is 32.1. The molecule has 0 bridgehead atoms. The Morgan fingerprint density at radius 3 is 2.80 bits per heavy atom. The van der Waals surface area contributed by atoms with Crippen molar-refractivity contribution in [1.82, 2.24) is 15.6 Å². The third kappa shape index (κ3) is 7.16. The number of hydrogen-bond acceptors (Lipinski definition) is 5. The van der Waals surface area contributed by atoms with Gasteiger partial charge in [0.05, 0.1) is 18.9 Å². The quantitative estimate of drug-likeness (QED) is 0.400. The lowest BCUT2D eigenvalue weighted by Crippen LogP contribution is -2.42. The van der Waals surface area contributed by atoms with Crippen LogP contribution in [0.4, 0.5) is 5.69 Å². The first-order valence-electron chi connectivity index (χ1n) is 8.31. The van der Waals surface area contributed by atoms with E-state index >= 15 is 0 Å². The number of hydrazone groups is 1. The van der Waals surface area contributed by atoms with Crippen molar-refractivity contribution in [2.45, 2.75) is 13.8 Å². The molecule has 0 atom stereocenters. The summed E-state index contributed by atoms with van der Waals surface area (Å²) in [7, 11) is 0. The molecular weight excluding hydrogens is 338 g/mol. The van der Waals surface area contributed by atoms with E-state index in [0.717, 1.165) is 56.4 Å². The van der Waals surface area contributed by atoms with Gasteiger partial charge in [0.2, 0.25) is 5.91 Å². The molecule has 1 saturated heterocycles. The van der Waals surface area contributed by atoms with Crippen LogP contribution < -0.4 is 16.1 Å². The van der Waals surface area contributed by atoms with E-state index in [-0.39, 0.29) is 5.91 Å². The zero-order valence-corrected chi connectivity index (χ0v) is 15.5. The molecule has 1 aliphatic heterocycles. The standard InChI is InChI=1S/C17H25N5O2S/c1-13(15-4-3-5-16(12-15)19-14(2)23)20-21-17(25)18-6-7-22-8-10-24-11-9-22/h3-5,12H,6-11H2,1-2H3,(H,19,23)(H2,18,21,25)/b20-13-. The number of carbonyl (C=O) groups is 1. The van der Waals surface area contributed by atoms with Gasteiger partial charge in [0, 0.05) is 38.8 Å². The van der Waals surface area contributed by atoms with Crippen LogP contribution in [-0.4, -0.2) is 61.0 Å². The highest BCUT2D eigenvalue weighted by molar-refractivity contribution is 7.80. The summed E-state index contributed by atoms with van der Waals surface area (Å²) in [6.07, 6.45) is 0. The Labute approximate surface area is 153 Å². The fourth-order valence-electron chi connectivity index (χ4n) is 2.42. The Morgan fingerprint density at radius 2 is 2.08 bits per heavy atom. The van der Waals surface area contributed by atoms with Crippen molar-refractivity contribution in [3.05, 3.63) is 29.8 Å². The summed E-state index contributed by atoms with van der Waals surface area (Å²) in [6.45, 7) is 8.57. The minimum atomic E-state index is -0.101. The van der Waals surface area contributed by atoms with Crippen molar-refractivity contribution in [2.24, 2.45) is 5.10 Å². The largest absolute Gasteiger partial charge is 0.379 e. The molecule has 1 aromatic rings. The molecule has 1 aliphatic rings. The van der Waals surface area contributed by atoms with E-state index in [4.69, 9.17) is 17.0 Å². The molecule has 1 fully saturated rings. The zero-order chi connectivity index (χ0) is 18.1. The molecule has 0 unspecified atom stereocenters. The lowest BCUT2D eigenvalue weighted by Gasteiger charge is -2.26. The molecular formula is C17H25N5O2S. The second-order valence-electron chi connectivity index (χ2n) is 5.78. The van der Waals surface area contributed by atoms with Gasteiger partial charge >= 0.3 is 0 Å². The third-order valence-electron chi connectivity index (χ3n) is 3.74. The predicted octanol–water partition coefficient (Wildman–Crippen LogP) is 1.17. The van der Waals surface area contributed by atoms with E-state index in [9.17, 15) is 4.79 Å². The van der Waals surface area contributed by atoms with Crippen LogP contribution in [0.3, 0.4) is 0 Å². The van der Waals surface area contributed by atoms with Crippen LogP contribution in [0.25, 0.3) is 0 Å². The average molecular weight is 363 g/mol. The van der Waals surface area contributed by atoms with Gasteiger partial charge in [-0.3, -0.25) is 15.1 Å². The smallest absolute Gasteiger partial charge is 0.221 e. The third-order valence-corrected chi connectivity index (χ3v) is 3.98. The normalized spacial score (nSPS) is 15.5. The van der Waals surface area contributed by atoms with Crippen LogP contribution in [0.15, 0.2) is 29.4 Å². The summed E-state index contributed by atoms with van der Waals surface area (Å²) >= 11 is 5.24. The van der Waals surface area contributed by atoms with Crippen molar-refractivity contribution >= 4 is 34.6 Å². The van der Waals surface area contributed by atoms with Crippen molar-refractivity contribution in [1.29, 1.82) is 0 Å². The molecule has 136 valence electrons. The molecule has 0 spiro atoms. The van der Waals surface area contributed by atoms with Crippen molar-refractivity contribution in [3.8, 4) is 0 Å². The van der Waals surface area contributed by atoms with Crippen LogP contribution in [0.5, 0.6) is 0 Å². The number of rotatable bonds is 6. The lowest BCUT2D eigenvalue weighted by molar-refractivity contribution is -0.114. The van der Waals surface area contributed by atoms with Gasteiger partial charge in [-0.15, -0.1) is 0 Å². The Morgan fingerprint density at radius 1 is 1.32 bits per heavy atom. The van der Waals surface area contributed by atoms with E-state index in [1.54, 1.807) is 0 Å². The van der Waals surface area contributed by atoms with Crippen LogP contribution >= 0.6 is 12.2 Å². The highest BCUT2D eigenvalue weighted by Crippen LogP contribution is 2.11. The molecule has 1 aromatic carbocycles. The fourth-order valence-corrected chi connectivity index (χ4v) is 2.56. The highest BCUT2D eigenvalue weighted by Gasteiger charge is 2.09. The van der Waals surface area contributed by atoms with Gasteiger partial charge in [-0.05, 0) is 36.8 Å². The van der Waals surface area contributed by atoms with Crippen molar-refractivity contribution in [3.63, 3.8) is 0 Å². The number of hydrogen-bond donors (Lipinski definition) is 3. The number of ether oxygens (including phenoxy) is 1. The van der Waals surface area contributed by atoms with Gasteiger partial charge < -0.3 is 15.4 Å². The lowest BCUT2D eigenvalue weighted by atomic mass is 10.1. The summed E-state index contributed by atoms with van der Waals surface area (Å²) in [5.74, 6) is -0.101. The summed E-state index contributed by atoms with van der Waals surface area (Å²) in [4.78, 5) is 13.5. The molecule has 1 heterocycles. The molecule has 8 heteroatoms. The van der Waals surface area contributed by atoms with Crippen molar-refractivity contribution < 1.29 is 9.53 Å². The molecule has 2 rings (SSSR count). The van der Waals surface area contributed by atoms with Crippen LogP contribution in [-0.2, 0) is 9.53 Å². The SMILES string of the molecule is CC(=O)Nc1cccc(/C(C)=N\NC(=S)NCCN2CCOCC2)c1. The summed E-state index contributed by atoms with van der Waals surface area (Å²) < 4.78 is 5.32. The molecule has 0 radical (unpaired) electrons. The number of thiocarbonyl (C=S) groups is 1. The van der Waals surface area contributed by atoms with E-state index in [0.29, 0.717) is 5.11 Å². The van der Waals surface area contributed by atoms with Gasteiger partial charge in [-0.2, -0.15) is 5.10 Å². The number of amides is 1. The number of anilines is 1. The molecule has 0 saturated carbocycles. The van der Waals surface area contributed by atoms with Crippen molar-refractivity contribution in [2.75, 3.05) is 44.7 Å². The Kier molecular flexibility index (Phi) is 7.77. The predicted molar refractivity (Wildman–Crippen MR) is 104 cm³/mol. The van der Waals surface area contributed by atoms with Gasteiger partial charge in [0.25, 0.3) is 0 Å². The average Bonchev–Trinajstić information content (AvgIpc) is 2.60. The van der Waals surface area contributed by atoms with E-state index in [2.05, 4.69) is 26.1 Å². The zero-order valence-electron chi connectivity index (χ0n) is 14.7. The van der Waals surface area contributed by atoms with Crippen LogP contribution in [0.2, 0.25) is 0 Å². The fraction of sp³-hybridized carbons (Fsp3) is 0.471. The molecule has 0 aliphatic carbocycles. The number of nitrogens with zero attached hydrogens (tertiary/aromatic N) is 2. The number of benzene rings is 1. The minimum absolute atomic E-state index is 0.101. The van der Waals surface area contributed by atoms with Crippen LogP contribution in [0.1, 0.15) is 19.4 Å². The molecule has 1 amide bonds. The van der Waals surface area contributed by atoms with E-state index in [1.807, 2.05) is 31.2 Å². The maximum absolute atomic E-state index is 11.1. The Balaban J connectivity index is 1.77. The van der Waals surface area contributed by atoms with E-state index < -0.39 is 0 Å². The minimum Gasteiger partial charge on any atom is -0.379 e.